The van der Waals surface area contributed by atoms with Gasteiger partial charge in [0.2, 0.25) is 0 Å². The molecule has 1 atom stereocenters. The van der Waals surface area contributed by atoms with E-state index in [2.05, 4.69) is 12.3 Å². The molecular weight excluding hydrogens is 194 g/mol. The molecule has 1 rings (SSSR count). The molecule has 0 fully saturated rings. The average molecular weight is 211 g/mol. The molecule has 0 saturated carbocycles. The molecule has 0 aliphatic carbocycles. The SMILES string of the molecule is COc1ccc(C(N)CSC)cc1C. The van der Waals surface area contributed by atoms with E-state index in [-0.39, 0.29) is 6.04 Å². The fourth-order valence-electron chi connectivity index (χ4n) is 1.41. The number of benzene rings is 1. The van der Waals surface area contributed by atoms with Gasteiger partial charge in [-0.2, -0.15) is 11.8 Å². The zero-order chi connectivity index (χ0) is 10.6. The minimum absolute atomic E-state index is 0.120. The van der Waals surface area contributed by atoms with Crippen LogP contribution in [0.5, 0.6) is 5.75 Å². The Bertz CT molecular complexity index is 301. The lowest BCUT2D eigenvalue weighted by Gasteiger charge is -2.12. The Balaban J connectivity index is 2.85. The van der Waals surface area contributed by atoms with Crippen LogP contribution in [0.25, 0.3) is 0 Å². The van der Waals surface area contributed by atoms with Crippen molar-refractivity contribution >= 4 is 11.8 Å². The summed E-state index contributed by atoms with van der Waals surface area (Å²) in [5.41, 5.74) is 8.32. The second kappa shape index (κ2) is 5.27. The van der Waals surface area contributed by atoms with Gasteiger partial charge in [-0.15, -0.1) is 0 Å². The normalized spacial score (nSPS) is 12.6. The highest BCUT2D eigenvalue weighted by molar-refractivity contribution is 7.98. The van der Waals surface area contributed by atoms with Crippen molar-refractivity contribution in [3.05, 3.63) is 29.3 Å². The number of ether oxygens (including phenoxy) is 1. The molecule has 0 spiro atoms. The third-order valence-corrected chi connectivity index (χ3v) is 2.89. The van der Waals surface area contributed by atoms with Crippen molar-refractivity contribution < 1.29 is 4.74 Å². The van der Waals surface area contributed by atoms with Crippen molar-refractivity contribution in [3.63, 3.8) is 0 Å². The number of thioether (sulfide) groups is 1. The van der Waals surface area contributed by atoms with Gasteiger partial charge in [0.1, 0.15) is 5.75 Å². The lowest BCUT2D eigenvalue weighted by molar-refractivity contribution is 0.411. The molecule has 1 aromatic carbocycles. The minimum Gasteiger partial charge on any atom is -0.496 e. The van der Waals surface area contributed by atoms with Crippen LogP contribution < -0.4 is 10.5 Å². The number of aryl methyl sites for hydroxylation is 1. The summed E-state index contributed by atoms with van der Waals surface area (Å²) in [6.45, 7) is 2.04. The van der Waals surface area contributed by atoms with Crippen molar-refractivity contribution in [3.8, 4) is 5.75 Å². The smallest absolute Gasteiger partial charge is 0.121 e. The van der Waals surface area contributed by atoms with E-state index in [1.54, 1.807) is 18.9 Å². The summed E-state index contributed by atoms with van der Waals surface area (Å²) in [4.78, 5) is 0. The van der Waals surface area contributed by atoms with Gasteiger partial charge in [-0.3, -0.25) is 0 Å². The molecule has 0 saturated heterocycles. The second-order valence-corrected chi connectivity index (χ2v) is 4.20. The van der Waals surface area contributed by atoms with Crippen LogP contribution in [-0.2, 0) is 0 Å². The van der Waals surface area contributed by atoms with Crippen LogP contribution in [0, 0.1) is 6.92 Å². The standard InChI is InChI=1S/C11H17NOS/c1-8-6-9(10(12)7-14-3)4-5-11(8)13-2/h4-6,10H,7,12H2,1-3H3. The number of hydrogen-bond donors (Lipinski definition) is 1. The van der Waals surface area contributed by atoms with Crippen LogP contribution in [0.2, 0.25) is 0 Å². The van der Waals surface area contributed by atoms with Crippen molar-refractivity contribution in [2.24, 2.45) is 5.73 Å². The third-order valence-electron chi connectivity index (χ3n) is 2.19. The quantitative estimate of drug-likeness (QED) is 0.830. The van der Waals surface area contributed by atoms with E-state index in [1.165, 1.54) is 5.56 Å². The molecule has 78 valence electrons. The van der Waals surface area contributed by atoms with Crippen molar-refractivity contribution in [1.29, 1.82) is 0 Å². The minimum atomic E-state index is 0.120. The molecule has 0 aliphatic rings. The Hall–Kier alpha value is -0.670. The molecule has 2 nitrogen and oxygen atoms in total. The summed E-state index contributed by atoms with van der Waals surface area (Å²) >= 11 is 1.76. The van der Waals surface area contributed by atoms with Crippen LogP contribution in [0.15, 0.2) is 18.2 Å². The molecule has 0 bridgehead atoms. The number of nitrogens with two attached hydrogens (primary N) is 1. The predicted octanol–water partition coefficient (Wildman–Crippen LogP) is 2.37. The molecule has 0 amide bonds. The van der Waals surface area contributed by atoms with Crippen molar-refractivity contribution in [2.45, 2.75) is 13.0 Å². The fourth-order valence-corrected chi connectivity index (χ4v) is 1.96. The lowest BCUT2D eigenvalue weighted by Crippen LogP contribution is -2.12. The highest BCUT2D eigenvalue weighted by atomic mass is 32.2. The Morgan fingerprint density at radius 1 is 1.50 bits per heavy atom. The maximum atomic E-state index is 6.00. The Morgan fingerprint density at radius 3 is 2.71 bits per heavy atom. The van der Waals surface area contributed by atoms with Crippen LogP contribution in [0.4, 0.5) is 0 Å². The number of methoxy groups -OCH3 is 1. The largest absolute Gasteiger partial charge is 0.496 e. The van der Waals surface area contributed by atoms with Gasteiger partial charge >= 0.3 is 0 Å². The lowest BCUT2D eigenvalue weighted by atomic mass is 10.1. The Labute approximate surface area is 89.8 Å². The maximum Gasteiger partial charge on any atom is 0.121 e. The summed E-state index contributed by atoms with van der Waals surface area (Å²) in [5.74, 6) is 1.87. The molecular formula is C11H17NOS. The number of hydrogen-bond acceptors (Lipinski definition) is 3. The second-order valence-electron chi connectivity index (χ2n) is 3.29. The Morgan fingerprint density at radius 2 is 2.21 bits per heavy atom. The summed E-state index contributed by atoms with van der Waals surface area (Å²) in [7, 11) is 1.68. The Kier molecular flexibility index (Phi) is 4.29. The third kappa shape index (κ3) is 2.66. The highest BCUT2D eigenvalue weighted by Crippen LogP contribution is 2.22. The van der Waals surface area contributed by atoms with Gasteiger partial charge in [0, 0.05) is 11.8 Å². The molecule has 1 unspecified atom stereocenters. The summed E-state index contributed by atoms with van der Waals surface area (Å²) in [5, 5.41) is 0. The van der Waals surface area contributed by atoms with E-state index < -0.39 is 0 Å². The fraction of sp³-hybridized carbons (Fsp3) is 0.455. The molecule has 14 heavy (non-hydrogen) atoms. The predicted molar refractivity (Wildman–Crippen MR) is 63.0 cm³/mol. The monoisotopic (exact) mass is 211 g/mol. The van der Waals surface area contributed by atoms with Gasteiger partial charge in [-0.25, -0.2) is 0 Å². The van der Waals surface area contributed by atoms with Gasteiger partial charge in [-0.05, 0) is 30.4 Å². The van der Waals surface area contributed by atoms with E-state index in [0.29, 0.717) is 0 Å². The van der Waals surface area contributed by atoms with E-state index in [4.69, 9.17) is 10.5 Å². The van der Waals surface area contributed by atoms with Gasteiger partial charge in [-0.1, -0.05) is 12.1 Å². The van der Waals surface area contributed by atoms with Crippen LogP contribution in [-0.4, -0.2) is 19.1 Å². The summed E-state index contributed by atoms with van der Waals surface area (Å²) < 4.78 is 5.19. The van der Waals surface area contributed by atoms with Gasteiger partial charge in [0.05, 0.1) is 7.11 Å². The summed E-state index contributed by atoms with van der Waals surface area (Å²) in [6.07, 6.45) is 2.07. The first kappa shape index (κ1) is 11.4. The van der Waals surface area contributed by atoms with Gasteiger partial charge < -0.3 is 10.5 Å². The molecule has 0 heterocycles. The first-order valence-corrected chi connectivity index (χ1v) is 5.97. The van der Waals surface area contributed by atoms with Crippen LogP contribution in [0.1, 0.15) is 17.2 Å². The molecule has 0 aromatic heterocycles. The highest BCUT2D eigenvalue weighted by Gasteiger charge is 2.06. The molecule has 2 N–H and O–H groups in total. The molecule has 1 aromatic rings. The van der Waals surface area contributed by atoms with Gasteiger partial charge in [0.15, 0.2) is 0 Å². The van der Waals surface area contributed by atoms with Crippen molar-refractivity contribution in [2.75, 3.05) is 19.1 Å². The molecule has 0 radical (unpaired) electrons. The van der Waals surface area contributed by atoms with Crippen molar-refractivity contribution in [1.82, 2.24) is 0 Å². The van der Waals surface area contributed by atoms with E-state index in [1.807, 2.05) is 19.1 Å². The zero-order valence-corrected chi connectivity index (χ0v) is 9.73. The van der Waals surface area contributed by atoms with Crippen LogP contribution in [0.3, 0.4) is 0 Å². The average Bonchev–Trinajstić information content (AvgIpc) is 2.18. The topological polar surface area (TPSA) is 35.2 Å². The first-order chi connectivity index (χ1) is 6.69. The summed E-state index contributed by atoms with van der Waals surface area (Å²) in [6, 6.07) is 6.23. The maximum absolute atomic E-state index is 6.00. The van der Waals surface area contributed by atoms with E-state index >= 15 is 0 Å². The van der Waals surface area contributed by atoms with Crippen LogP contribution >= 0.6 is 11.8 Å². The molecule has 3 heteroatoms. The zero-order valence-electron chi connectivity index (χ0n) is 8.91. The molecule has 0 aliphatic heterocycles. The van der Waals surface area contributed by atoms with Gasteiger partial charge in [0.25, 0.3) is 0 Å². The van der Waals surface area contributed by atoms with E-state index in [9.17, 15) is 0 Å². The first-order valence-electron chi connectivity index (χ1n) is 4.58. The van der Waals surface area contributed by atoms with E-state index in [0.717, 1.165) is 17.1 Å². The number of rotatable bonds is 4.